The molecule has 1 fully saturated rings. The second-order valence-corrected chi connectivity index (χ2v) is 7.27. The van der Waals surface area contributed by atoms with Gasteiger partial charge in [-0.05, 0) is 17.9 Å². The van der Waals surface area contributed by atoms with E-state index in [1.807, 2.05) is 6.20 Å². The molecule has 0 saturated heterocycles. The minimum atomic E-state index is -4.64. The zero-order valence-electron chi connectivity index (χ0n) is 15.2. The van der Waals surface area contributed by atoms with Crippen LogP contribution in [-0.4, -0.2) is 39.5 Å². The Morgan fingerprint density at radius 3 is 2.66 bits per heavy atom. The van der Waals surface area contributed by atoms with Crippen LogP contribution < -0.4 is 0 Å². The molecule has 150 valence electrons. The summed E-state index contributed by atoms with van der Waals surface area (Å²) in [5, 5.41) is 5.63. The van der Waals surface area contributed by atoms with Gasteiger partial charge in [0.2, 0.25) is 5.78 Å². The maximum absolute atomic E-state index is 12.9. The first-order valence-corrected chi connectivity index (χ1v) is 9.35. The third-order valence-electron chi connectivity index (χ3n) is 5.25. The Kier molecular flexibility index (Phi) is 4.10. The lowest BCUT2D eigenvalue weighted by molar-refractivity contribution is -0.144. The molecule has 0 bridgehead atoms. The third kappa shape index (κ3) is 3.26. The van der Waals surface area contributed by atoms with Gasteiger partial charge in [-0.1, -0.05) is 25.7 Å². The van der Waals surface area contributed by atoms with Gasteiger partial charge in [-0.25, -0.2) is 19.9 Å². The van der Waals surface area contributed by atoms with Crippen LogP contribution in [0.1, 0.15) is 37.1 Å². The Bertz CT molecular complexity index is 1140. The monoisotopic (exact) mass is 402 g/mol. The Morgan fingerprint density at radius 2 is 1.97 bits per heavy atom. The number of fused-ring (bicyclic) bond motifs is 1. The average Bonchev–Trinajstić information content (AvgIpc) is 3.45. The Morgan fingerprint density at radius 1 is 1.14 bits per heavy atom. The third-order valence-corrected chi connectivity index (χ3v) is 5.25. The van der Waals surface area contributed by atoms with Crippen LogP contribution in [0.3, 0.4) is 0 Å². The number of imidazole rings is 2. The highest BCUT2D eigenvalue weighted by Crippen LogP contribution is 2.33. The van der Waals surface area contributed by atoms with Gasteiger partial charge >= 0.3 is 6.18 Å². The van der Waals surface area contributed by atoms with Crippen molar-refractivity contribution >= 4 is 5.78 Å². The number of nitrogens with zero attached hydrogens (tertiary/aromatic N) is 6. The molecule has 11 heteroatoms. The smallest absolute Gasteiger partial charge is 0.343 e. The van der Waals surface area contributed by atoms with Crippen LogP contribution in [0.25, 0.3) is 28.7 Å². The number of hydrogen-bond donors (Lipinski definition) is 2. The Hall–Kier alpha value is -3.24. The first-order valence-electron chi connectivity index (χ1n) is 9.35. The van der Waals surface area contributed by atoms with Gasteiger partial charge in [0.05, 0.1) is 18.2 Å². The molecule has 0 aliphatic heterocycles. The van der Waals surface area contributed by atoms with Gasteiger partial charge in [0.15, 0.2) is 5.82 Å². The SMILES string of the molecule is FC(F)(F)c1n[nH]c(-c2nc3ncc(CC4CCCC4)cn3c2-c2cnc[nH]2)n1. The molecule has 1 aliphatic rings. The van der Waals surface area contributed by atoms with Crippen LogP contribution >= 0.6 is 0 Å². The molecule has 0 unspecified atom stereocenters. The summed E-state index contributed by atoms with van der Waals surface area (Å²) >= 11 is 0. The van der Waals surface area contributed by atoms with Crippen LogP contribution in [0.2, 0.25) is 0 Å². The second-order valence-electron chi connectivity index (χ2n) is 7.27. The molecule has 1 aliphatic carbocycles. The Labute approximate surface area is 162 Å². The van der Waals surface area contributed by atoms with E-state index in [0.717, 1.165) is 12.0 Å². The van der Waals surface area contributed by atoms with Gasteiger partial charge in [0, 0.05) is 12.4 Å². The van der Waals surface area contributed by atoms with Crippen molar-refractivity contribution in [3.63, 3.8) is 0 Å². The molecule has 4 aromatic rings. The number of halogens is 3. The summed E-state index contributed by atoms with van der Waals surface area (Å²) < 4.78 is 40.6. The van der Waals surface area contributed by atoms with Gasteiger partial charge in [0.1, 0.15) is 11.4 Å². The van der Waals surface area contributed by atoms with Crippen LogP contribution in [0.15, 0.2) is 24.9 Å². The molecule has 2 N–H and O–H groups in total. The van der Waals surface area contributed by atoms with Crippen molar-refractivity contribution in [1.82, 2.24) is 39.5 Å². The topological polar surface area (TPSA) is 100 Å². The Balaban J connectivity index is 1.63. The van der Waals surface area contributed by atoms with Crippen molar-refractivity contribution in [3.8, 4) is 22.9 Å². The summed E-state index contributed by atoms with van der Waals surface area (Å²) in [7, 11) is 0. The summed E-state index contributed by atoms with van der Waals surface area (Å²) in [6.45, 7) is 0. The summed E-state index contributed by atoms with van der Waals surface area (Å²) in [5.41, 5.74) is 2.41. The van der Waals surface area contributed by atoms with E-state index in [-0.39, 0.29) is 11.5 Å². The van der Waals surface area contributed by atoms with Gasteiger partial charge < -0.3 is 4.98 Å². The van der Waals surface area contributed by atoms with E-state index < -0.39 is 12.0 Å². The van der Waals surface area contributed by atoms with E-state index in [9.17, 15) is 13.2 Å². The molecule has 4 heterocycles. The predicted molar refractivity (Wildman–Crippen MR) is 96.6 cm³/mol. The van der Waals surface area contributed by atoms with Crippen LogP contribution in [0.5, 0.6) is 0 Å². The number of H-pyrrole nitrogens is 2. The van der Waals surface area contributed by atoms with Crippen molar-refractivity contribution in [2.45, 2.75) is 38.3 Å². The summed E-state index contributed by atoms with van der Waals surface area (Å²) in [4.78, 5) is 19.4. The van der Waals surface area contributed by atoms with E-state index in [0.29, 0.717) is 23.1 Å². The molecule has 0 radical (unpaired) electrons. The van der Waals surface area contributed by atoms with Crippen molar-refractivity contribution in [2.75, 3.05) is 0 Å². The van der Waals surface area contributed by atoms with E-state index >= 15 is 0 Å². The first-order chi connectivity index (χ1) is 14.0. The molecule has 4 aromatic heterocycles. The maximum atomic E-state index is 12.9. The predicted octanol–water partition coefficient (Wildman–Crippen LogP) is 3.66. The molecule has 29 heavy (non-hydrogen) atoms. The highest BCUT2D eigenvalue weighted by molar-refractivity contribution is 5.76. The first kappa shape index (κ1) is 17.8. The molecular formula is C18H17F3N8. The molecule has 0 aromatic carbocycles. The number of aromatic nitrogens is 8. The molecule has 8 nitrogen and oxygen atoms in total. The number of hydrogen-bond acceptors (Lipinski definition) is 5. The van der Waals surface area contributed by atoms with E-state index in [1.54, 1.807) is 16.8 Å². The normalized spacial score (nSPS) is 15.6. The fraction of sp³-hybridized carbons (Fsp3) is 0.389. The number of nitrogens with one attached hydrogen (secondary N) is 2. The second kappa shape index (κ2) is 6.68. The zero-order chi connectivity index (χ0) is 20.0. The highest BCUT2D eigenvalue weighted by atomic mass is 19.4. The van der Waals surface area contributed by atoms with E-state index in [1.165, 1.54) is 32.0 Å². The van der Waals surface area contributed by atoms with Crippen molar-refractivity contribution in [3.05, 3.63) is 36.3 Å². The molecular weight excluding hydrogens is 385 g/mol. The minimum absolute atomic E-state index is 0.0789. The van der Waals surface area contributed by atoms with Crippen LogP contribution in [0, 0.1) is 5.92 Å². The molecule has 1 saturated carbocycles. The molecule has 0 atom stereocenters. The molecule has 0 spiro atoms. The fourth-order valence-corrected chi connectivity index (χ4v) is 3.93. The number of rotatable bonds is 4. The van der Waals surface area contributed by atoms with Crippen molar-refractivity contribution < 1.29 is 13.2 Å². The summed E-state index contributed by atoms with van der Waals surface area (Å²) in [5.74, 6) is -0.319. The van der Waals surface area contributed by atoms with Crippen molar-refractivity contribution in [2.24, 2.45) is 5.92 Å². The quantitative estimate of drug-likeness (QED) is 0.543. The zero-order valence-corrected chi connectivity index (χ0v) is 15.2. The number of alkyl halides is 3. The standard InChI is InChI=1S/C18H17F3N8/c19-18(20,21)16-26-15(27-28-16)13-14(12-7-22-9-24-12)29-8-11(6-23-17(29)25-13)5-10-3-1-2-4-10/h6-10H,1-5H2,(H,22,24)(H,26,27,28). The van der Waals surface area contributed by atoms with Crippen LogP contribution in [0.4, 0.5) is 13.2 Å². The summed E-state index contributed by atoms with van der Waals surface area (Å²) in [6.07, 6.45) is 7.99. The maximum Gasteiger partial charge on any atom is 0.453 e. The minimum Gasteiger partial charge on any atom is -0.343 e. The summed E-state index contributed by atoms with van der Waals surface area (Å²) in [6, 6.07) is 0. The average molecular weight is 402 g/mol. The lowest BCUT2D eigenvalue weighted by Crippen LogP contribution is -2.07. The lowest BCUT2D eigenvalue weighted by Gasteiger charge is -2.09. The highest BCUT2D eigenvalue weighted by Gasteiger charge is 2.37. The van der Waals surface area contributed by atoms with E-state index in [2.05, 4.69) is 35.1 Å². The van der Waals surface area contributed by atoms with E-state index in [4.69, 9.17) is 0 Å². The van der Waals surface area contributed by atoms with Gasteiger partial charge in [-0.2, -0.15) is 13.2 Å². The largest absolute Gasteiger partial charge is 0.453 e. The molecule has 0 amide bonds. The lowest BCUT2D eigenvalue weighted by atomic mass is 10.0. The fourth-order valence-electron chi connectivity index (χ4n) is 3.93. The number of aromatic amines is 2. The molecule has 5 rings (SSSR count). The van der Waals surface area contributed by atoms with Crippen LogP contribution in [-0.2, 0) is 12.6 Å². The van der Waals surface area contributed by atoms with Gasteiger partial charge in [-0.15, -0.1) is 5.10 Å². The van der Waals surface area contributed by atoms with Crippen molar-refractivity contribution in [1.29, 1.82) is 0 Å². The van der Waals surface area contributed by atoms with Gasteiger partial charge in [0.25, 0.3) is 5.82 Å². The van der Waals surface area contributed by atoms with Gasteiger partial charge in [-0.3, -0.25) is 9.50 Å².